The zero-order valence-electron chi connectivity index (χ0n) is 17.9. The molecule has 0 aromatic heterocycles. The molecule has 4 rings (SSSR count). The van der Waals surface area contributed by atoms with E-state index in [1.165, 1.54) is 42.5 Å². The van der Waals surface area contributed by atoms with Crippen LogP contribution in [0, 0.1) is 15.9 Å². The fraction of sp³-hybridized carbons (Fsp3) is 0.120. The molecule has 0 unspecified atom stereocenters. The normalized spacial score (nSPS) is 13.2. The Balaban J connectivity index is 1.70. The van der Waals surface area contributed by atoms with Crippen molar-refractivity contribution in [3.8, 4) is 0 Å². The van der Waals surface area contributed by atoms with Crippen LogP contribution in [0.25, 0.3) is 11.6 Å². The second-order valence-electron chi connectivity index (χ2n) is 7.82. The number of nitrogens with zero attached hydrogens (tertiary/aromatic N) is 2. The third kappa shape index (κ3) is 4.84. The third-order valence-electron chi connectivity index (χ3n) is 5.65. The number of carbonyl (C=O) groups excluding carboxylic acids is 2. The van der Waals surface area contributed by atoms with E-state index in [1.807, 2.05) is 0 Å². The highest BCUT2D eigenvalue weighted by atomic mass is 19.1. The Bertz CT molecular complexity index is 1300. The van der Waals surface area contributed by atoms with Crippen LogP contribution in [0.1, 0.15) is 32.6 Å². The molecule has 1 aliphatic heterocycles. The van der Waals surface area contributed by atoms with Crippen LogP contribution in [0.3, 0.4) is 0 Å². The summed E-state index contributed by atoms with van der Waals surface area (Å²) in [6, 6.07) is 16.4. The van der Waals surface area contributed by atoms with Gasteiger partial charge in [-0.05, 0) is 59.0 Å². The first-order valence-corrected chi connectivity index (χ1v) is 10.4. The zero-order valence-corrected chi connectivity index (χ0v) is 17.9. The second kappa shape index (κ2) is 9.63. The van der Waals surface area contributed by atoms with E-state index in [2.05, 4.69) is 0 Å². The van der Waals surface area contributed by atoms with Crippen LogP contribution in [-0.4, -0.2) is 33.4 Å². The van der Waals surface area contributed by atoms with Crippen LogP contribution in [0.15, 0.2) is 66.7 Å². The van der Waals surface area contributed by atoms with Gasteiger partial charge in [0.05, 0.1) is 4.92 Å². The lowest BCUT2D eigenvalue weighted by molar-refractivity contribution is -0.384. The number of halogens is 1. The van der Waals surface area contributed by atoms with Gasteiger partial charge in [-0.3, -0.25) is 24.9 Å². The number of nitro benzene ring substituents is 1. The van der Waals surface area contributed by atoms with Gasteiger partial charge in [-0.2, -0.15) is 0 Å². The second-order valence-corrected chi connectivity index (χ2v) is 7.82. The first kappa shape index (κ1) is 22.8. The van der Waals surface area contributed by atoms with Gasteiger partial charge in [0.1, 0.15) is 5.82 Å². The molecule has 0 atom stereocenters. The van der Waals surface area contributed by atoms with E-state index in [4.69, 9.17) is 5.21 Å². The van der Waals surface area contributed by atoms with Gasteiger partial charge in [0.25, 0.3) is 17.5 Å². The highest BCUT2D eigenvalue weighted by molar-refractivity contribution is 6.24. The first-order chi connectivity index (χ1) is 16.4. The van der Waals surface area contributed by atoms with Crippen LogP contribution in [0.4, 0.5) is 10.1 Å². The van der Waals surface area contributed by atoms with Gasteiger partial charge < -0.3 is 4.90 Å². The summed E-state index contributed by atoms with van der Waals surface area (Å²) >= 11 is 0. The number of hydroxylamine groups is 1. The van der Waals surface area contributed by atoms with Gasteiger partial charge in [-0.25, -0.2) is 9.87 Å². The van der Waals surface area contributed by atoms with Crippen LogP contribution >= 0.6 is 0 Å². The molecule has 0 fully saturated rings. The quantitative estimate of drug-likeness (QED) is 0.196. The average Bonchev–Trinajstić information content (AvgIpc) is 2.86. The van der Waals surface area contributed by atoms with Crippen molar-refractivity contribution in [3.63, 3.8) is 0 Å². The lowest BCUT2D eigenvalue weighted by atomic mass is 9.95. The first-order valence-electron chi connectivity index (χ1n) is 10.4. The van der Waals surface area contributed by atoms with E-state index in [1.54, 1.807) is 40.7 Å². The van der Waals surface area contributed by atoms with E-state index in [9.17, 15) is 24.1 Å². The number of fused-ring (bicyclic) bond motifs is 1. The van der Waals surface area contributed by atoms with Crippen molar-refractivity contribution >= 4 is 29.2 Å². The molecule has 8 nitrogen and oxygen atoms in total. The maximum absolute atomic E-state index is 13.6. The molecular formula is C25H20FN3O5. The predicted octanol–water partition coefficient (Wildman–Crippen LogP) is 3.98. The summed E-state index contributed by atoms with van der Waals surface area (Å²) < 4.78 is 13.5. The molecule has 9 heteroatoms. The predicted molar refractivity (Wildman–Crippen MR) is 122 cm³/mol. The highest BCUT2D eigenvalue weighted by Crippen LogP contribution is 2.27. The molecule has 172 valence electrons. The molecular weight excluding hydrogens is 441 g/mol. The lowest BCUT2D eigenvalue weighted by Crippen LogP contribution is -2.36. The van der Waals surface area contributed by atoms with E-state index in [-0.39, 0.29) is 29.3 Å². The van der Waals surface area contributed by atoms with Crippen molar-refractivity contribution in [3.05, 3.63) is 110 Å². The number of rotatable bonds is 5. The van der Waals surface area contributed by atoms with Crippen molar-refractivity contribution in [1.82, 2.24) is 10.4 Å². The Hall–Kier alpha value is -4.37. The summed E-state index contributed by atoms with van der Waals surface area (Å²) in [5.74, 6) is -1.43. The summed E-state index contributed by atoms with van der Waals surface area (Å²) in [5, 5.41) is 20.1. The Morgan fingerprint density at radius 2 is 1.76 bits per heavy atom. The molecule has 1 heterocycles. The largest absolute Gasteiger partial charge is 0.334 e. The monoisotopic (exact) mass is 461 g/mol. The summed E-state index contributed by atoms with van der Waals surface area (Å²) in [6.45, 7) is 0.652. The zero-order chi connectivity index (χ0) is 24.2. The fourth-order valence-electron chi connectivity index (χ4n) is 3.90. The van der Waals surface area contributed by atoms with E-state index in [0.29, 0.717) is 24.1 Å². The van der Waals surface area contributed by atoms with Gasteiger partial charge in [0.2, 0.25) is 0 Å². The molecule has 2 amide bonds. The summed E-state index contributed by atoms with van der Waals surface area (Å²) in [7, 11) is 0. The molecule has 0 bridgehead atoms. The third-order valence-corrected chi connectivity index (χ3v) is 5.65. The summed E-state index contributed by atoms with van der Waals surface area (Å²) in [6.07, 6.45) is 2.11. The average molecular weight is 461 g/mol. The number of nitrogens with one attached hydrogen (secondary N) is 1. The van der Waals surface area contributed by atoms with Gasteiger partial charge in [-0.1, -0.05) is 30.3 Å². The Labute approximate surface area is 194 Å². The number of non-ortho nitro benzene ring substituents is 1. The Kier molecular flexibility index (Phi) is 6.46. The molecule has 0 saturated heterocycles. The molecule has 0 spiro atoms. The SMILES string of the molecule is O=C(NO)c1ccc2c(c1)CN(C(=O)/C(=C\c1cccc([N+](=O)[O-])c1)c1ccc(F)cc1)CC2. The molecule has 1 aliphatic rings. The van der Waals surface area contributed by atoms with Crippen molar-refractivity contribution in [2.24, 2.45) is 0 Å². The van der Waals surface area contributed by atoms with Gasteiger partial charge in [0, 0.05) is 36.4 Å². The van der Waals surface area contributed by atoms with Crippen LogP contribution in [0.5, 0.6) is 0 Å². The molecule has 34 heavy (non-hydrogen) atoms. The smallest absolute Gasteiger partial charge is 0.274 e. The van der Waals surface area contributed by atoms with E-state index in [0.717, 1.165) is 11.1 Å². The van der Waals surface area contributed by atoms with Gasteiger partial charge in [0.15, 0.2) is 0 Å². The summed E-state index contributed by atoms with van der Waals surface area (Å²) in [5.41, 5.74) is 4.70. The van der Waals surface area contributed by atoms with Crippen LogP contribution < -0.4 is 5.48 Å². The summed E-state index contributed by atoms with van der Waals surface area (Å²) in [4.78, 5) is 37.6. The van der Waals surface area contributed by atoms with Crippen molar-refractivity contribution < 1.29 is 24.1 Å². The Morgan fingerprint density at radius 1 is 1.03 bits per heavy atom. The number of nitro groups is 1. The minimum atomic E-state index is -0.649. The van der Waals surface area contributed by atoms with Crippen molar-refractivity contribution in [2.75, 3.05) is 6.54 Å². The van der Waals surface area contributed by atoms with Gasteiger partial charge >= 0.3 is 0 Å². The van der Waals surface area contributed by atoms with Crippen molar-refractivity contribution in [2.45, 2.75) is 13.0 Å². The molecule has 3 aromatic rings. The topological polar surface area (TPSA) is 113 Å². The van der Waals surface area contributed by atoms with Crippen molar-refractivity contribution in [1.29, 1.82) is 0 Å². The highest BCUT2D eigenvalue weighted by Gasteiger charge is 2.25. The number of hydrogen-bond acceptors (Lipinski definition) is 5. The minimum Gasteiger partial charge on any atom is -0.334 e. The molecule has 0 radical (unpaired) electrons. The van der Waals surface area contributed by atoms with E-state index < -0.39 is 16.6 Å². The molecule has 3 aromatic carbocycles. The number of carbonyl (C=O) groups is 2. The molecule has 2 N–H and O–H groups in total. The minimum absolute atomic E-state index is 0.110. The fourth-order valence-corrected chi connectivity index (χ4v) is 3.90. The standard InChI is InChI=1S/C25H20FN3O5/c26-21-8-6-18(7-9-21)23(13-16-2-1-3-22(12-16)29(33)34)25(31)28-11-10-17-4-5-19(24(30)27-32)14-20(17)15-28/h1-9,12-14,32H,10-11,15H2,(H,27,30)/b23-13-. The molecule has 0 saturated carbocycles. The lowest BCUT2D eigenvalue weighted by Gasteiger charge is -2.30. The number of amides is 2. The number of benzene rings is 3. The molecule has 0 aliphatic carbocycles. The maximum atomic E-state index is 13.6. The maximum Gasteiger partial charge on any atom is 0.274 e. The van der Waals surface area contributed by atoms with E-state index >= 15 is 0 Å². The Morgan fingerprint density at radius 3 is 2.47 bits per heavy atom. The van der Waals surface area contributed by atoms with Crippen LogP contribution in [0.2, 0.25) is 0 Å². The van der Waals surface area contributed by atoms with Crippen LogP contribution in [-0.2, 0) is 17.8 Å². The number of hydrogen-bond donors (Lipinski definition) is 2. The van der Waals surface area contributed by atoms with Gasteiger partial charge in [-0.15, -0.1) is 0 Å².